The van der Waals surface area contributed by atoms with Crippen LogP contribution < -0.4 is 5.32 Å². The van der Waals surface area contributed by atoms with Crippen LogP contribution in [-0.4, -0.2) is 52.3 Å². The second kappa shape index (κ2) is 4.97. The van der Waals surface area contributed by atoms with Crippen molar-refractivity contribution in [2.75, 3.05) is 13.1 Å². The van der Waals surface area contributed by atoms with Crippen LogP contribution in [0.1, 0.15) is 19.8 Å². The summed E-state index contributed by atoms with van der Waals surface area (Å²) in [7, 11) is 0. The molecule has 0 bridgehead atoms. The minimum Gasteiger partial charge on any atom is -0.480 e. The van der Waals surface area contributed by atoms with E-state index in [0.29, 0.717) is 6.54 Å². The minimum absolute atomic E-state index is 0.0898. The number of nitrogens with zero attached hydrogens (tertiary/aromatic N) is 1. The number of aliphatic hydroxyl groups excluding tert-OH is 1. The van der Waals surface area contributed by atoms with Crippen LogP contribution in [-0.2, 0) is 4.79 Å². The van der Waals surface area contributed by atoms with Crippen molar-refractivity contribution in [3.63, 3.8) is 0 Å². The summed E-state index contributed by atoms with van der Waals surface area (Å²) in [4.78, 5) is 23.5. The third-order valence-electron chi connectivity index (χ3n) is 2.35. The smallest absolute Gasteiger partial charge is 0.326 e. The molecule has 1 heterocycles. The molecule has 6 nitrogen and oxygen atoms in total. The highest BCUT2D eigenvalue weighted by Gasteiger charge is 2.38. The maximum atomic E-state index is 11.5. The van der Waals surface area contributed by atoms with E-state index in [-0.39, 0.29) is 13.0 Å². The van der Waals surface area contributed by atoms with E-state index >= 15 is 0 Å². The van der Waals surface area contributed by atoms with E-state index in [9.17, 15) is 14.7 Å². The fourth-order valence-electron chi connectivity index (χ4n) is 1.61. The molecular formula is C9H16N2O4. The Kier molecular flexibility index (Phi) is 3.90. The molecule has 2 atom stereocenters. The molecule has 1 saturated heterocycles. The minimum atomic E-state index is -1.07. The number of aliphatic hydroxyl groups is 1. The molecule has 0 aromatic rings. The van der Waals surface area contributed by atoms with Crippen molar-refractivity contribution in [3.8, 4) is 0 Å². The van der Waals surface area contributed by atoms with Gasteiger partial charge in [-0.25, -0.2) is 9.59 Å². The van der Waals surface area contributed by atoms with Crippen molar-refractivity contribution in [3.05, 3.63) is 0 Å². The third-order valence-corrected chi connectivity index (χ3v) is 2.35. The molecule has 1 aliphatic rings. The van der Waals surface area contributed by atoms with Crippen molar-refractivity contribution >= 4 is 12.0 Å². The molecule has 6 heteroatoms. The number of carboxylic acids is 1. The zero-order valence-corrected chi connectivity index (χ0v) is 8.64. The van der Waals surface area contributed by atoms with E-state index in [1.54, 1.807) is 0 Å². The van der Waals surface area contributed by atoms with Crippen LogP contribution in [0.5, 0.6) is 0 Å². The van der Waals surface area contributed by atoms with E-state index in [4.69, 9.17) is 5.11 Å². The molecule has 0 aromatic heterocycles. The number of carbonyl (C=O) groups excluding carboxylic acids is 1. The van der Waals surface area contributed by atoms with Gasteiger partial charge >= 0.3 is 12.0 Å². The first-order valence-electron chi connectivity index (χ1n) is 5.01. The molecule has 15 heavy (non-hydrogen) atoms. The zero-order chi connectivity index (χ0) is 11.4. The quantitative estimate of drug-likeness (QED) is 0.600. The predicted octanol–water partition coefficient (Wildman–Crippen LogP) is -0.374. The van der Waals surface area contributed by atoms with Crippen LogP contribution in [0.3, 0.4) is 0 Å². The first kappa shape index (κ1) is 11.8. The van der Waals surface area contributed by atoms with Crippen LogP contribution in [0, 0.1) is 0 Å². The predicted molar refractivity (Wildman–Crippen MR) is 52.4 cm³/mol. The number of likely N-dealkylation sites (tertiary alicyclic amines) is 1. The Morgan fingerprint density at radius 3 is 2.73 bits per heavy atom. The number of aliphatic carboxylic acids is 1. The molecule has 0 radical (unpaired) electrons. The summed E-state index contributed by atoms with van der Waals surface area (Å²) in [5, 5.41) is 20.7. The highest BCUT2D eigenvalue weighted by atomic mass is 16.4. The highest BCUT2D eigenvalue weighted by molar-refractivity contribution is 5.83. The van der Waals surface area contributed by atoms with Gasteiger partial charge in [0.25, 0.3) is 0 Å². The molecule has 86 valence electrons. The number of carbonyl (C=O) groups is 2. The van der Waals surface area contributed by atoms with Crippen molar-refractivity contribution < 1.29 is 19.8 Å². The molecule has 1 fully saturated rings. The number of hydrogen-bond acceptors (Lipinski definition) is 3. The van der Waals surface area contributed by atoms with E-state index in [0.717, 1.165) is 6.42 Å². The van der Waals surface area contributed by atoms with Gasteiger partial charge in [-0.1, -0.05) is 6.92 Å². The number of amides is 2. The lowest BCUT2D eigenvalue weighted by molar-refractivity contribution is -0.141. The Morgan fingerprint density at radius 2 is 2.20 bits per heavy atom. The number of carboxylic acid groups (broad SMARTS) is 1. The maximum Gasteiger partial charge on any atom is 0.326 e. The largest absolute Gasteiger partial charge is 0.480 e. The average Bonchev–Trinajstić information content (AvgIpc) is 2.57. The SMILES string of the molecule is CCCNC(=O)N1C[C@H](O)C[C@@H]1C(=O)O. The summed E-state index contributed by atoms with van der Waals surface area (Å²) in [5.41, 5.74) is 0. The second-order valence-corrected chi connectivity index (χ2v) is 3.63. The van der Waals surface area contributed by atoms with Gasteiger partial charge in [0, 0.05) is 19.5 Å². The summed E-state index contributed by atoms with van der Waals surface area (Å²) >= 11 is 0. The van der Waals surface area contributed by atoms with Crippen molar-refractivity contribution in [1.82, 2.24) is 10.2 Å². The molecule has 0 spiro atoms. The monoisotopic (exact) mass is 216 g/mol. The van der Waals surface area contributed by atoms with Crippen LogP contribution in [0.2, 0.25) is 0 Å². The first-order chi connectivity index (χ1) is 7.06. The number of hydrogen-bond donors (Lipinski definition) is 3. The fourth-order valence-corrected chi connectivity index (χ4v) is 1.61. The highest BCUT2D eigenvalue weighted by Crippen LogP contribution is 2.17. The van der Waals surface area contributed by atoms with Crippen molar-refractivity contribution in [2.24, 2.45) is 0 Å². The summed E-state index contributed by atoms with van der Waals surface area (Å²) < 4.78 is 0. The van der Waals surface area contributed by atoms with Gasteiger partial charge < -0.3 is 20.4 Å². The normalized spacial score (nSPS) is 25.3. The number of urea groups is 1. The Morgan fingerprint density at radius 1 is 1.53 bits per heavy atom. The molecule has 2 amide bonds. The van der Waals surface area contributed by atoms with Crippen LogP contribution >= 0.6 is 0 Å². The Balaban J connectivity index is 2.58. The third kappa shape index (κ3) is 2.82. The lowest BCUT2D eigenvalue weighted by atomic mass is 10.2. The number of rotatable bonds is 3. The maximum absolute atomic E-state index is 11.5. The summed E-state index contributed by atoms with van der Waals surface area (Å²) in [6.07, 6.45) is 0.160. The average molecular weight is 216 g/mol. The van der Waals surface area contributed by atoms with Gasteiger partial charge in [-0.05, 0) is 6.42 Å². The number of β-amino-alcohol motifs (C(OH)–C–C–N with tert-alkyl or cyclic N) is 1. The van der Waals surface area contributed by atoms with Gasteiger partial charge in [0.2, 0.25) is 0 Å². The van der Waals surface area contributed by atoms with Gasteiger partial charge in [0.15, 0.2) is 0 Å². The fraction of sp³-hybridized carbons (Fsp3) is 0.778. The lowest BCUT2D eigenvalue weighted by Gasteiger charge is -2.21. The topological polar surface area (TPSA) is 89.9 Å². The standard InChI is InChI=1S/C9H16N2O4/c1-2-3-10-9(15)11-5-6(12)4-7(11)8(13)14/h6-7,12H,2-5H2,1H3,(H,10,15)(H,13,14)/t6-,7-/m1/s1. The molecular weight excluding hydrogens is 200 g/mol. The van der Waals surface area contributed by atoms with Crippen LogP contribution in [0.25, 0.3) is 0 Å². The summed E-state index contributed by atoms with van der Waals surface area (Å²) in [5.74, 6) is -1.07. The molecule has 0 aliphatic carbocycles. The van der Waals surface area contributed by atoms with Crippen LogP contribution in [0.4, 0.5) is 4.79 Å². The molecule has 1 rings (SSSR count). The van der Waals surface area contributed by atoms with E-state index in [2.05, 4.69) is 5.32 Å². The van der Waals surface area contributed by atoms with Gasteiger partial charge in [-0.3, -0.25) is 0 Å². The molecule has 0 aromatic carbocycles. The van der Waals surface area contributed by atoms with E-state index < -0.39 is 24.1 Å². The van der Waals surface area contributed by atoms with Gasteiger partial charge in [0.05, 0.1) is 6.10 Å². The number of nitrogens with one attached hydrogen (secondary N) is 1. The molecule has 0 saturated carbocycles. The lowest BCUT2D eigenvalue weighted by Crippen LogP contribution is -2.46. The van der Waals surface area contributed by atoms with E-state index in [1.165, 1.54) is 4.90 Å². The Labute approximate surface area is 87.9 Å². The molecule has 1 aliphatic heterocycles. The van der Waals surface area contributed by atoms with Crippen molar-refractivity contribution in [1.29, 1.82) is 0 Å². The van der Waals surface area contributed by atoms with Crippen molar-refractivity contribution in [2.45, 2.75) is 31.9 Å². The first-order valence-corrected chi connectivity index (χ1v) is 5.01. The van der Waals surface area contributed by atoms with Crippen LogP contribution in [0.15, 0.2) is 0 Å². The molecule has 3 N–H and O–H groups in total. The Hall–Kier alpha value is -1.30. The molecule has 0 unspecified atom stereocenters. The van der Waals surface area contributed by atoms with Gasteiger partial charge in [0.1, 0.15) is 6.04 Å². The second-order valence-electron chi connectivity index (χ2n) is 3.63. The summed E-state index contributed by atoms with van der Waals surface area (Å²) in [6.45, 7) is 2.51. The zero-order valence-electron chi connectivity index (χ0n) is 8.64. The summed E-state index contributed by atoms with van der Waals surface area (Å²) in [6, 6.07) is -1.32. The Bertz CT molecular complexity index is 256. The van der Waals surface area contributed by atoms with E-state index in [1.807, 2.05) is 6.92 Å². The van der Waals surface area contributed by atoms with Gasteiger partial charge in [-0.15, -0.1) is 0 Å². The van der Waals surface area contributed by atoms with Gasteiger partial charge in [-0.2, -0.15) is 0 Å².